The van der Waals surface area contributed by atoms with Crippen LogP contribution in [0.1, 0.15) is 27.5 Å². The number of thiophene rings is 1. The molecule has 0 atom stereocenters. The lowest BCUT2D eigenvalue weighted by Crippen LogP contribution is -2.10. The van der Waals surface area contributed by atoms with Gasteiger partial charge >= 0.3 is 0 Å². The lowest BCUT2D eigenvalue weighted by atomic mass is 10.1. The molecule has 3 N–H and O–H groups in total. The zero-order valence-corrected chi connectivity index (χ0v) is 12.6. The van der Waals surface area contributed by atoms with E-state index in [1.165, 1.54) is 16.9 Å². The first-order valence-corrected chi connectivity index (χ1v) is 7.79. The van der Waals surface area contributed by atoms with Gasteiger partial charge in [-0.05, 0) is 29.9 Å². The Morgan fingerprint density at radius 2 is 2.09 bits per heavy atom. The topological polar surface area (TPSA) is 84.7 Å². The number of carbonyl (C=O) groups excluding carboxylic acids is 1. The highest BCUT2D eigenvalue weighted by molar-refractivity contribution is 7.12. The van der Waals surface area contributed by atoms with Crippen LogP contribution in [-0.4, -0.2) is 21.1 Å². The van der Waals surface area contributed by atoms with Gasteiger partial charge in [-0.25, -0.2) is 4.98 Å². The third kappa shape index (κ3) is 3.23. The van der Waals surface area contributed by atoms with Crippen molar-refractivity contribution in [2.75, 3.05) is 0 Å². The highest BCUT2D eigenvalue weighted by Gasteiger charge is 2.15. The normalized spacial score (nSPS) is 10.7. The number of nitrogens with zero attached hydrogens (tertiary/aromatic N) is 2. The number of hydrogen-bond donors (Lipinski definition) is 2. The molecule has 111 valence electrons. The van der Waals surface area contributed by atoms with Gasteiger partial charge in [0.15, 0.2) is 5.82 Å². The van der Waals surface area contributed by atoms with E-state index in [-0.39, 0.29) is 0 Å². The summed E-state index contributed by atoms with van der Waals surface area (Å²) in [5, 5.41) is 8.85. The molecule has 0 saturated heterocycles. The summed E-state index contributed by atoms with van der Waals surface area (Å²) in [5.41, 5.74) is 7.31. The van der Waals surface area contributed by atoms with Crippen LogP contribution in [0.2, 0.25) is 0 Å². The van der Waals surface area contributed by atoms with Crippen LogP contribution in [0.25, 0.3) is 11.4 Å². The van der Waals surface area contributed by atoms with E-state index >= 15 is 0 Å². The lowest BCUT2D eigenvalue weighted by molar-refractivity contribution is 0.100. The molecule has 1 aromatic carbocycles. The number of rotatable bonds is 6. The fourth-order valence-electron chi connectivity index (χ4n) is 2.18. The molecule has 5 nitrogen and oxygen atoms in total. The predicted octanol–water partition coefficient (Wildman–Crippen LogP) is 2.82. The summed E-state index contributed by atoms with van der Waals surface area (Å²) in [6.45, 7) is 0. The maximum absolute atomic E-state index is 11.4. The smallest absolute Gasteiger partial charge is 0.259 e. The van der Waals surface area contributed by atoms with Gasteiger partial charge in [0, 0.05) is 12.0 Å². The van der Waals surface area contributed by atoms with Gasteiger partial charge in [0.2, 0.25) is 0 Å². The molecule has 1 radical (unpaired) electrons. The molecule has 0 aliphatic carbocycles. The van der Waals surface area contributed by atoms with Gasteiger partial charge < -0.3 is 5.73 Å². The van der Waals surface area contributed by atoms with E-state index in [2.05, 4.69) is 27.3 Å². The lowest BCUT2D eigenvalue weighted by Gasteiger charge is -1.98. The van der Waals surface area contributed by atoms with Crippen molar-refractivity contribution in [3.8, 4) is 11.4 Å². The van der Waals surface area contributed by atoms with Crippen molar-refractivity contribution < 1.29 is 4.79 Å². The number of carbonyl (C=O) groups is 1. The van der Waals surface area contributed by atoms with Crippen molar-refractivity contribution >= 4 is 17.2 Å². The Kier molecular flexibility index (Phi) is 4.29. The van der Waals surface area contributed by atoms with E-state index in [0.29, 0.717) is 22.1 Å². The molecule has 3 aromatic rings. The maximum atomic E-state index is 11.4. The average Bonchev–Trinajstić information content (AvgIpc) is 3.17. The van der Waals surface area contributed by atoms with E-state index in [0.717, 1.165) is 12.8 Å². The number of aromatic nitrogens is 3. The molecule has 22 heavy (non-hydrogen) atoms. The van der Waals surface area contributed by atoms with Gasteiger partial charge in [-0.1, -0.05) is 30.3 Å². The van der Waals surface area contributed by atoms with E-state index in [1.54, 1.807) is 0 Å². The third-order valence-corrected chi connectivity index (χ3v) is 4.18. The van der Waals surface area contributed by atoms with Crippen molar-refractivity contribution in [1.82, 2.24) is 15.2 Å². The first kappa shape index (κ1) is 14.5. The second kappa shape index (κ2) is 6.53. The predicted molar refractivity (Wildman–Crippen MR) is 86.4 cm³/mol. The molecular weight excluding hydrogens is 296 g/mol. The van der Waals surface area contributed by atoms with E-state index in [1.807, 2.05) is 36.1 Å². The summed E-state index contributed by atoms with van der Waals surface area (Å²) in [5.74, 6) is 0.748. The van der Waals surface area contributed by atoms with Crippen molar-refractivity contribution in [3.63, 3.8) is 0 Å². The fraction of sp³-hybridized carbons (Fsp3) is 0.125. The summed E-state index contributed by atoms with van der Waals surface area (Å²) < 4.78 is 0. The number of hydrogen-bond acceptors (Lipinski definition) is 4. The van der Waals surface area contributed by atoms with Gasteiger partial charge in [-0.3, -0.25) is 9.89 Å². The molecule has 0 aliphatic heterocycles. The minimum Gasteiger partial charge on any atom is -0.365 e. The number of nitrogens with two attached hydrogens (primary N) is 1. The molecule has 3 rings (SSSR count). The summed E-state index contributed by atoms with van der Waals surface area (Å²) >= 11 is 1.30. The van der Waals surface area contributed by atoms with Crippen molar-refractivity contribution in [2.45, 2.75) is 12.8 Å². The monoisotopic (exact) mass is 311 g/mol. The van der Waals surface area contributed by atoms with Crippen LogP contribution in [0.4, 0.5) is 0 Å². The van der Waals surface area contributed by atoms with E-state index < -0.39 is 5.91 Å². The van der Waals surface area contributed by atoms with Crippen molar-refractivity contribution in [3.05, 3.63) is 64.5 Å². The van der Waals surface area contributed by atoms with E-state index in [4.69, 9.17) is 5.73 Å². The molecule has 2 aromatic heterocycles. The Hall–Kier alpha value is -2.47. The third-order valence-electron chi connectivity index (χ3n) is 3.25. The summed E-state index contributed by atoms with van der Waals surface area (Å²) in [7, 11) is 0. The minimum absolute atomic E-state index is 0.454. The number of H-pyrrole nitrogens is 1. The summed E-state index contributed by atoms with van der Waals surface area (Å²) in [6, 6.07) is 12.1. The SMILES string of the molecule is NC(=O)c1sccc1-c1n[nH]c([CH]CCc2ccccc2)n1. The van der Waals surface area contributed by atoms with Crippen LogP contribution in [0.15, 0.2) is 41.8 Å². The highest BCUT2D eigenvalue weighted by atomic mass is 32.1. The van der Waals surface area contributed by atoms with Crippen molar-refractivity contribution in [2.24, 2.45) is 5.73 Å². The number of aryl methyl sites for hydroxylation is 1. The first-order chi connectivity index (χ1) is 10.7. The molecule has 0 bridgehead atoms. The number of nitrogens with one attached hydrogen (secondary N) is 1. The van der Waals surface area contributed by atoms with Crippen LogP contribution in [0, 0.1) is 6.42 Å². The van der Waals surface area contributed by atoms with Crippen LogP contribution in [0.3, 0.4) is 0 Å². The van der Waals surface area contributed by atoms with Gasteiger partial charge in [0.05, 0.1) is 0 Å². The minimum atomic E-state index is -0.454. The maximum Gasteiger partial charge on any atom is 0.259 e. The van der Waals surface area contributed by atoms with Gasteiger partial charge in [0.1, 0.15) is 10.7 Å². The molecule has 6 heteroatoms. The van der Waals surface area contributed by atoms with Crippen LogP contribution >= 0.6 is 11.3 Å². The quantitative estimate of drug-likeness (QED) is 0.734. The Labute approximate surface area is 132 Å². The van der Waals surface area contributed by atoms with Gasteiger partial charge in [-0.2, -0.15) is 5.10 Å². The number of amides is 1. The molecule has 0 aliphatic rings. The van der Waals surface area contributed by atoms with Crippen LogP contribution in [0.5, 0.6) is 0 Å². The van der Waals surface area contributed by atoms with Crippen molar-refractivity contribution in [1.29, 1.82) is 0 Å². The van der Waals surface area contributed by atoms with Crippen LogP contribution in [-0.2, 0) is 6.42 Å². The first-order valence-electron chi connectivity index (χ1n) is 6.91. The Bertz CT molecular complexity index is 763. The number of benzene rings is 1. The summed E-state index contributed by atoms with van der Waals surface area (Å²) in [6.07, 6.45) is 3.81. The number of aromatic amines is 1. The van der Waals surface area contributed by atoms with Crippen LogP contribution < -0.4 is 5.73 Å². The molecule has 0 unspecified atom stereocenters. The Morgan fingerprint density at radius 3 is 2.86 bits per heavy atom. The fourth-order valence-corrected chi connectivity index (χ4v) is 2.93. The Morgan fingerprint density at radius 1 is 1.27 bits per heavy atom. The summed E-state index contributed by atoms with van der Waals surface area (Å²) in [4.78, 5) is 16.2. The molecule has 1 amide bonds. The van der Waals surface area contributed by atoms with Gasteiger partial charge in [0.25, 0.3) is 5.91 Å². The second-order valence-electron chi connectivity index (χ2n) is 4.80. The highest BCUT2D eigenvalue weighted by Crippen LogP contribution is 2.25. The second-order valence-corrected chi connectivity index (χ2v) is 5.72. The average molecular weight is 311 g/mol. The number of primary amides is 1. The Balaban J connectivity index is 1.64. The molecule has 0 saturated carbocycles. The zero-order chi connectivity index (χ0) is 15.4. The molecule has 0 fully saturated rings. The van der Waals surface area contributed by atoms with E-state index in [9.17, 15) is 4.79 Å². The molecule has 0 spiro atoms. The molecule has 2 heterocycles. The van der Waals surface area contributed by atoms with Gasteiger partial charge in [-0.15, -0.1) is 11.3 Å². The standard InChI is InChI=1S/C16H15N4OS/c17-15(21)14-12(9-10-22-14)16-18-13(19-20-16)8-4-7-11-5-2-1-3-6-11/h1-3,5-6,8-10H,4,7H2,(H2,17,21)(H,18,19,20). The zero-order valence-electron chi connectivity index (χ0n) is 11.8. The largest absolute Gasteiger partial charge is 0.365 e. The molecular formula is C16H15N4OS.